The third kappa shape index (κ3) is 4.79. The number of ether oxygens (including phenoxy) is 1. The summed E-state index contributed by atoms with van der Waals surface area (Å²) in [5.41, 5.74) is 0.896. The fourth-order valence-corrected chi connectivity index (χ4v) is 2.17. The van der Waals surface area contributed by atoms with Crippen LogP contribution in [0.4, 0.5) is 0 Å². The summed E-state index contributed by atoms with van der Waals surface area (Å²) in [6.07, 6.45) is 0. The highest BCUT2D eigenvalue weighted by molar-refractivity contribution is 7.99. The van der Waals surface area contributed by atoms with Gasteiger partial charge in [0.1, 0.15) is 0 Å². The highest BCUT2D eigenvalue weighted by Gasteiger charge is 2.13. The van der Waals surface area contributed by atoms with E-state index in [4.69, 9.17) is 9.84 Å². The second kappa shape index (κ2) is 7.35. The third-order valence-corrected chi connectivity index (χ3v) is 3.57. The summed E-state index contributed by atoms with van der Waals surface area (Å²) in [6, 6.07) is 7.68. The topological polar surface area (TPSA) is 46.5 Å². The maximum absolute atomic E-state index is 11.4. The molecule has 0 spiro atoms. The number of hydrogen-bond donors (Lipinski definition) is 1. The van der Waals surface area contributed by atoms with Crippen LogP contribution in [-0.4, -0.2) is 23.4 Å². The van der Waals surface area contributed by atoms with Crippen molar-refractivity contribution in [2.24, 2.45) is 5.92 Å². The predicted octanol–water partition coefficient (Wildman–Crippen LogP) is 2.47. The quantitative estimate of drug-likeness (QED) is 0.626. The maximum Gasteiger partial charge on any atom is 0.309 e. The van der Waals surface area contributed by atoms with Crippen LogP contribution in [0.1, 0.15) is 19.4 Å². The van der Waals surface area contributed by atoms with Gasteiger partial charge < -0.3 is 9.84 Å². The molecule has 0 saturated carbocycles. The number of aliphatic hydroxyl groups excluding tert-OH is 1. The smallest absolute Gasteiger partial charge is 0.309 e. The normalized spacial score (nSPS) is 12.2. The molecule has 0 aromatic heterocycles. The van der Waals surface area contributed by atoms with Crippen LogP contribution in [-0.2, 0) is 16.1 Å². The molecule has 0 fully saturated rings. The van der Waals surface area contributed by atoms with Crippen LogP contribution in [0.3, 0.4) is 0 Å². The second-order valence-corrected chi connectivity index (χ2v) is 4.86. The lowest BCUT2D eigenvalue weighted by Gasteiger charge is -2.10. The first-order chi connectivity index (χ1) is 8.17. The molecule has 1 unspecified atom stereocenters. The van der Waals surface area contributed by atoms with Crippen LogP contribution in [0.2, 0.25) is 0 Å². The van der Waals surface area contributed by atoms with Crippen molar-refractivity contribution in [2.75, 3.05) is 12.4 Å². The monoisotopic (exact) mass is 254 g/mol. The molecule has 0 aliphatic carbocycles. The minimum absolute atomic E-state index is 0.0597. The van der Waals surface area contributed by atoms with Gasteiger partial charge in [0, 0.05) is 10.6 Å². The zero-order chi connectivity index (χ0) is 12.7. The Kier molecular flexibility index (Phi) is 6.08. The number of carbonyl (C=O) groups excluding carboxylic acids is 1. The molecule has 1 N–H and O–H groups in total. The molecular weight excluding hydrogens is 236 g/mol. The van der Waals surface area contributed by atoms with Crippen LogP contribution in [0.5, 0.6) is 0 Å². The molecule has 0 amide bonds. The van der Waals surface area contributed by atoms with Gasteiger partial charge in [-0.3, -0.25) is 4.79 Å². The molecule has 3 nitrogen and oxygen atoms in total. The predicted molar refractivity (Wildman–Crippen MR) is 68.9 cm³/mol. The molecule has 0 saturated heterocycles. The van der Waals surface area contributed by atoms with Gasteiger partial charge in [-0.25, -0.2) is 0 Å². The van der Waals surface area contributed by atoms with E-state index in [1.54, 1.807) is 11.8 Å². The van der Waals surface area contributed by atoms with Crippen molar-refractivity contribution < 1.29 is 14.6 Å². The van der Waals surface area contributed by atoms with Crippen LogP contribution in [0.25, 0.3) is 0 Å². The van der Waals surface area contributed by atoms with Gasteiger partial charge in [0.2, 0.25) is 0 Å². The van der Waals surface area contributed by atoms with Gasteiger partial charge in [0.05, 0.1) is 19.1 Å². The van der Waals surface area contributed by atoms with E-state index in [-0.39, 0.29) is 18.5 Å². The van der Waals surface area contributed by atoms with Crippen molar-refractivity contribution in [3.05, 3.63) is 29.8 Å². The Morgan fingerprint density at radius 3 is 2.59 bits per heavy atom. The number of rotatable bonds is 6. The first kappa shape index (κ1) is 14.1. The van der Waals surface area contributed by atoms with Gasteiger partial charge in [0.15, 0.2) is 0 Å². The average Bonchev–Trinajstić information content (AvgIpc) is 2.36. The van der Waals surface area contributed by atoms with Gasteiger partial charge in [-0.1, -0.05) is 19.1 Å². The van der Waals surface area contributed by atoms with Gasteiger partial charge in [-0.05, 0) is 24.6 Å². The molecule has 1 aromatic carbocycles. The molecule has 1 rings (SSSR count). The third-order valence-electron chi connectivity index (χ3n) is 2.29. The van der Waals surface area contributed by atoms with Gasteiger partial charge in [0.25, 0.3) is 0 Å². The Morgan fingerprint density at radius 2 is 2.06 bits per heavy atom. The number of aliphatic hydroxyl groups is 1. The van der Waals surface area contributed by atoms with E-state index >= 15 is 0 Å². The lowest BCUT2D eigenvalue weighted by molar-refractivity contribution is -0.146. The first-order valence-electron chi connectivity index (χ1n) is 5.66. The van der Waals surface area contributed by atoms with E-state index in [9.17, 15) is 4.79 Å². The standard InChI is InChI=1S/C13H18O3S/c1-3-16-13(15)10(2)9-17-12-6-4-11(8-14)5-7-12/h4-7,10,14H,3,8-9H2,1-2H3. The molecule has 17 heavy (non-hydrogen) atoms. The summed E-state index contributed by atoms with van der Waals surface area (Å²) in [7, 11) is 0. The number of thioether (sulfide) groups is 1. The molecule has 0 aliphatic rings. The maximum atomic E-state index is 11.4. The Labute approximate surface area is 106 Å². The molecular formula is C13H18O3S. The van der Waals surface area contributed by atoms with Crippen LogP contribution >= 0.6 is 11.8 Å². The summed E-state index contributed by atoms with van der Waals surface area (Å²) in [5.74, 6) is 0.460. The number of hydrogen-bond acceptors (Lipinski definition) is 4. The average molecular weight is 254 g/mol. The fraction of sp³-hybridized carbons (Fsp3) is 0.462. The largest absolute Gasteiger partial charge is 0.466 e. The summed E-state index contributed by atoms with van der Waals surface area (Å²) >= 11 is 1.62. The van der Waals surface area contributed by atoms with Crippen molar-refractivity contribution in [3.63, 3.8) is 0 Å². The zero-order valence-electron chi connectivity index (χ0n) is 10.2. The van der Waals surface area contributed by atoms with Gasteiger partial charge in [-0.2, -0.15) is 0 Å². The Bertz CT molecular complexity index is 348. The lowest BCUT2D eigenvalue weighted by Crippen LogP contribution is -2.16. The molecule has 94 valence electrons. The Balaban J connectivity index is 2.41. The van der Waals surface area contributed by atoms with Crippen LogP contribution in [0.15, 0.2) is 29.2 Å². The summed E-state index contributed by atoms with van der Waals surface area (Å²) in [4.78, 5) is 12.5. The molecule has 0 radical (unpaired) electrons. The van der Waals surface area contributed by atoms with Gasteiger partial charge in [-0.15, -0.1) is 11.8 Å². The molecule has 0 aliphatic heterocycles. The van der Waals surface area contributed by atoms with Crippen LogP contribution < -0.4 is 0 Å². The number of esters is 1. The number of carbonyl (C=O) groups is 1. The summed E-state index contributed by atoms with van der Waals surface area (Å²) in [6.45, 7) is 4.17. The minimum atomic E-state index is -0.146. The van der Waals surface area contributed by atoms with Crippen molar-refractivity contribution in [3.8, 4) is 0 Å². The van der Waals surface area contributed by atoms with E-state index in [0.29, 0.717) is 12.4 Å². The first-order valence-corrected chi connectivity index (χ1v) is 6.65. The van der Waals surface area contributed by atoms with Crippen molar-refractivity contribution >= 4 is 17.7 Å². The molecule has 4 heteroatoms. The van der Waals surface area contributed by atoms with Crippen molar-refractivity contribution in [1.29, 1.82) is 0 Å². The van der Waals surface area contributed by atoms with E-state index in [1.165, 1.54) is 0 Å². The Morgan fingerprint density at radius 1 is 1.41 bits per heavy atom. The minimum Gasteiger partial charge on any atom is -0.466 e. The summed E-state index contributed by atoms with van der Waals surface area (Å²) < 4.78 is 4.94. The van der Waals surface area contributed by atoms with E-state index in [0.717, 1.165) is 10.5 Å². The van der Waals surface area contributed by atoms with E-state index < -0.39 is 0 Å². The summed E-state index contributed by atoms with van der Waals surface area (Å²) in [5, 5.41) is 8.91. The molecule has 0 bridgehead atoms. The molecule has 1 aromatic rings. The van der Waals surface area contributed by atoms with Crippen molar-refractivity contribution in [2.45, 2.75) is 25.3 Å². The van der Waals surface area contributed by atoms with Crippen molar-refractivity contribution in [1.82, 2.24) is 0 Å². The Hall–Kier alpha value is -1.00. The zero-order valence-corrected chi connectivity index (χ0v) is 11.0. The fourth-order valence-electron chi connectivity index (χ4n) is 1.26. The van der Waals surface area contributed by atoms with E-state index in [1.807, 2.05) is 38.1 Å². The lowest BCUT2D eigenvalue weighted by atomic mass is 10.2. The second-order valence-electron chi connectivity index (χ2n) is 3.77. The molecule has 1 atom stereocenters. The highest BCUT2D eigenvalue weighted by Crippen LogP contribution is 2.21. The van der Waals surface area contributed by atoms with E-state index in [2.05, 4.69) is 0 Å². The number of benzene rings is 1. The van der Waals surface area contributed by atoms with Gasteiger partial charge >= 0.3 is 5.97 Å². The van der Waals surface area contributed by atoms with Crippen LogP contribution in [0, 0.1) is 5.92 Å². The molecule has 0 heterocycles. The SMILES string of the molecule is CCOC(=O)C(C)CSc1ccc(CO)cc1. The highest BCUT2D eigenvalue weighted by atomic mass is 32.2.